The Bertz CT molecular complexity index is 775. The number of carboxylic acids is 1. The third kappa shape index (κ3) is 4.02. The number of esters is 1. The second-order valence-corrected chi connectivity index (χ2v) is 9.89. The van der Waals surface area contributed by atoms with Crippen LogP contribution in [0.25, 0.3) is 0 Å². The zero-order valence-corrected chi connectivity index (χ0v) is 19.0. The van der Waals surface area contributed by atoms with Crippen molar-refractivity contribution in [3.05, 3.63) is 0 Å². The third-order valence-electron chi connectivity index (χ3n) is 7.65. The maximum absolute atomic E-state index is 12.5. The van der Waals surface area contributed by atoms with Crippen LogP contribution in [0.15, 0.2) is 0 Å². The van der Waals surface area contributed by atoms with Crippen molar-refractivity contribution < 1.29 is 43.5 Å². The number of carbonyl (C=O) groups excluding carboxylic acids is 2. The summed E-state index contributed by atoms with van der Waals surface area (Å²) in [4.78, 5) is 47.0. The molecule has 9 atom stereocenters. The summed E-state index contributed by atoms with van der Waals surface area (Å²) >= 11 is 0. The van der Waals surface area contributed by atoms with Gasteiger partial charge in [0.2, 0.25) is 18.0 Å². The van der Waals surface area contributed by atoms with E-state index in [0.717, 1.165) is 19.3 Å². The van der Waals surface area contributed by atoms with Crippen molar-refractivity contribution in [1.82, 2.24) is 5.32 Å². The van der Waals surface area contributed by atoms with Gasteiger partial charge in [0, 0.05) is 24.7 Å². The van der Waals surface area contributed by atoms with Gasteiger partial charge in [-0.05, 0) is 44.9 Å². The van der Waals surface area contributed by atoms with Gasteiger partial charge in [-0.3, -0.25) is 14.4 Å². The molecule has 0 aromatic rings. The lowest BCUT2D eigenvalue weighted by Crippen LogP contribution is -2.70. The number of nitrogens with one attached hydrogen (secondary N) is 1. The SMILES string of the molecule is C[C@H]1[C@H](OC(=O)CCC(=O)N[C@H](C)C(=O)O)O[C@@H]2O[C@@]3(C)CC[C@H]4[C@H](C)CC[C@@H]1[C@@]24OO3. The van der Waals surface area contributed by atoms with Crippen molar-refractivity contribution in [2.75, 3.05) is 0 Å². The standard InChI is InChI=1S/C22H33NO9/c1-11-5-6-15-12(2)19(28-17(25)8-7-16(24)23-13(3)18(26)27)29-20-22(15)14(11)9-10-21(4,30-20)31-32-22/h11-15,19-20H,5-10H2,1-4H3,(H,23,24)(H,26,27)/t11-,12-,13-,14+,15+,19-,20-,21-,22-/m1/s1. The molecule has 32 heavy (non-hydrogen) atoms. The van der Waals surface area contributed by atoms with E-state index in [2.05, 4.69) is 12.2 Å². The van der Waals surface area contributed by atoms with Crippen LogP contribution in [-0.4, -0.2) is 53.0 Å². The van der Waals surface area contributed by atoms with Crippen LogP contribution in [0.2, 0.25) is 0 Å². The number of carbonyl (C=O) groups is 3. The van der Waals surface area contributed by atoms with E-state index < -0.39 is 47.9 Å². The van der Waals surface area contributed by atoms with Gasteiger partial charge in [0.25, 0.3) is 0 Å². The molecule has 5 rings (SSSR count). The first-order valence-corrected chi connectivity index (χ1v) is 11.5. The van der Waals surface area contributed by atoms with Gasteiger partial charge >= 0.3 is 11.9 Å². The number of carboxylic acid groups (broad SMARTS) is 1. The smallest absolute Gasteiger partial charge is 0.325 e. The highest BCUT2D eigenvalue weighted by atomic mass is 17.3. The summed E-state index contributed by atoms with van der Waals surface area (Å²) in [7, 11) is 0. The van der Waals surface area contributed by atoms with Crippen molar-refractivity contribution in [3.63, 3.8) is 0 Å². The number of hydrogen-bond acceptors (Lipinski definition) is 8. The monoisotopic (exact) mass is 455 g/mol. The maximum Gasteiger partial charge on any atom is 0.325 e. The largest absolute Gasteiger partial charge is 0.480 e. The molecule has 4 saturated heterocycles. The topological polar surface area (TPSA) is 130 Å². The first kappa shape index (κ1) is 23.4. The van der Waals surface area contributed by atoms with Gasteiger partial charge in [0.15, 0.2) is 11.9 Å². The highest BCUT2D eigenvalue weighted by molar-refractivity contribution is 5.85. The average molecular weight is 456 g/mol. The molecule has 4 heterocycles. The Morgan fingerprint density at radius 2 is 1.88 bits per heavy atom. The molecule has 0 radical (unpaired) electrons. The van der Waals surface area contributed by atoms with Crippen LogP contribution in [0.3, 0.4) is 0 Å². The molecule has 10 nitrogen and oxygen atoms in total. The Morgan fingerprint density at radius 3 is 2.59 bits per heavy atom. The molecule has 0 aromatic heterocycles. The molecule has 2 bridgehead atoms. The number of rotatable bonds is 6. The fourth-order valence-electron chi connectivity index (χ4n) is 5.79. The predicted octanol–water partition coefficient (Wildman–Crippen LogP) is 2.11. The summed E-state index contributed by atoms with van der Waals surface area (Å²) in [6.45, 7) is 7.39. The molecule has 2 N–H and O–H groups in total. The highest BCUT2D eigenvalue weighted by Crippen LogP contribution is 2.60. The predicted molar refractivity (Wildman–Crippen MR) is 107 cm³/mol. The first-order valence-electron chi connectivity index (χ1n) is 11.5. The number of aliphatic carboxylic acids is 1. The fraction of sp³-hybridized carbons (Fsp3) is 0.864. The molecule has 1 saturated carbocycles. The molecule has 10 heteroatoms. The number of hydrogen-bond donors (Lipinski definition) is 2. The lowest BCUT2D eigenvalue weighted by atomic mass is 9.58. The molecule has 180 valence electrons. The molecule has 1 aliphatic carbocycles. The quantitative estimate of drug-likeness (QED) is 0.457. The number of ether oxygens (including phenoxy) is 3. The normalized spacial score (nSPS) is 43.5. The second kappa shape index (κ2) is 8.55. The Kier molecular flexibility index (Phi) is 6.26. The maximum atomic E-state index is 12.5. The minimum absolute atomic E-state index is 0.0302. The lowest BCUT2D eigenvalue weighted by Gasteiger charge is -2.59. The number of amides is 1. The zero-order valence-electron chi connectivity index (χ0n) is 19.0. The van der Waals surface area contributed by atoms with Crippen LogP contribution >= 0.6 is 0 Å². The van der Waals surface area contributed by atoms with Crippen LogP contribution in [0, 0.1) is 23.7 Å². The van der Waals surface area contributed by atoms with Gasteiger partial charge in [-0.15, -0.1) is 0 Å². The van der Waals surface area contributed by atoms with Crippen molar-refractivity contribution in [3.8, 4) is 0 Å². The van der Waals surface area contributed by atoms with E-state index >= 15 is 0 Å². The van der Waals surface area contributed by atoms with Gasteiger partial charge in [-0.1, -0.05) is 13.8 Å². The molecule has 1 amide bonds. The van der Waals surface area contributed by atoms with E-state index in [1.807, 2.05) is 13.8 Å². The van der Waals surface area contributed by atoms with E-state index in [1.165, 1.54) is 6.92 Å². The molecule has 0 unspecified atom stereocenters. The summed E-state index contributed by atoms with van der Waals surface area (Å²) in [5, 5.41) is 11.2. The summed E-state index contributed by atoms with van der Waals surface area (Å²) in [5.41, 5.74) is -0.733. The minimum Gasteiger partial charge on any atom is -0.480 e. The van der Waals surface area contributed by atoms with E-state index in [1.54, 1.807) is 0 Å². The molecular formula is C22H33NO9. The Hall–Kier alpha value is -1.75. The molecule has 0 aromatic carbocycles. The summed E-state index contributed by atoms with van der Waals surface area (Å²) in [5.74, 6) is -2.64. The van der Waals surface area contributed by atoms with Crippen LogP contribution in [-0.2, 0) is 38.4 Å². The van der Waals surface area contributed by atoms with Gasteiger partial charge in [-0.25, -0.2) is 9.78 Å². The highest BCUT2D eigenvalue weighted by Gasteiger charge is 2.69. The molecule has 5 aliphatic rings. The van der Waals surface area contributed by atoms with Gasteiger partial charge in [-0.2, -0.15) is 0 Å². The van der Waals surface area contributed by atoms with Crippen molar-refractivity contribution in [1.29, 1.82) is 0 Å². The van der Waals surface area contributed by atoms with E-state index in [-0.39, 0.29) is 30.6 Å². The third-order valence-corrected chi connectivity index (χ3v) is 7.65. The van der Waals surface area contributed by atoms with Gasteiger partial charge in [0.05, 0.1) is 6.42 Å². The van der Waals surface area contributed by atoms with Crippen LogP contribution in [0.5, 0.6) is 0 Å². The minimum atomic E-state index is -1.14. The Balaban J connectivity index is 1.42. The van der Waals surface area contributed by atoms with Gasteiger partial charge in [0.1, 0.15) is 6.04 Å². The summed E-state index contributed by atoms with van der Waals surface area (Å²) in [6, 6.07) is -1.02. The zero-order chi connectivity index (χ0) is 23.3. The molecular weight excluding hydrogens is 422 g/mol. The molecule has 1 spiro atoms. The van der Waals surface area contributed by atoms with Crippen LogP contribution < -0.4 is 5.32 Å². The lowest BCUT2D eigenvalue weighted by molar-refractivity contribution is -0.576. The number of fused-ring (bicyclic) bond motifs is 2. The fourth-order valence-corrected chi connectivity index (χ4v) is 5.79. The van der Waals surface area contributed by atoms with Crippen molar-refractivity contribution in [2.45, 2.75) is 96.2 Å². The van der Waals surface area contributed by atoms with Crippen LogP contribution in [0.1, 0.15) is 66.2 Å². The Labute approximate surface area is 187 Å². The van der Waals surface area contributed by atoms with Crippen LogP contribution in [0.4, 0.5) is 0 Å². The first-order chi connectivity index (χ1) is 15.1. The van der Waals surface area contributed by atoms with Crippen molar-refractivity contribution >= 4 is 17.8 Å². The van der Waals surface area contributed by atoms with E-state index in [0.29, 0.717) is 12.3 Å². The molecule has 5 fully saturated rings. The summed E-state index contributed by atoms with van der Waals surface area (Å²) in [6.07, 6.45) is 1.64. The van der Waals surface area contributed by atoms with Crippen molar-refractivity contribution in [2.24, 2.45) is 23.7 Å². The molecule has 4 aliphatic heterocycles. The van der Waals surface area contributed by atoms with Gasteiger partial charge < -0.3 is 24.6 Å². The van der Waals surface area contributed by atoms with E-state index in [9.17, 15) is 14.4 Å². The van der Waals surface area contributed by atoms with E-state index in [4.69, 9.17) is 29.1 Å². The summed E-state index contributed by atoms with van der Waals surface area (Å²) < 4.78 is 18.0. The Morgan fingerprint density at radius 1 is 1.12 bits per heavy atom. The average Bonchev–Trinajstić information content (AvgIpc) is 2.96. The second-order valence-electron chi connectivity index (χ2n) is 9.89.